The Hall–Kier alpha value is -1.04. The van der Waals surface area contributed by atoms with Crippen LogP contribution in [0.3, 0.4) is 0 Å². The van der Waals surface area contributed by atoms with Gasteiger partial charge in [-0.3, -0.25) is 0 Å². The van der Waals surface area contributed by atoms with Gasteiger partial charge in [0.05, 0.1) is 0 Å². The van der Waals surface area contributed by atoms with E-state index in [9.17, 15) is 0 Å². The van der Waals surface area contributed by atoms with Gasteiger partial charge in [-0.05, 0) is 13.3 Å². The third kappa shape index (κ3) is 11.0. The largest absolute Gasteiger partial charge is 0.0877 e. The smallest absolute Gasteiger partial charge is 0.0348 e. The lowest BCUT2D eigenvalue weighted by Gasteiger charge is -1.84. The van der Waals surface area contributed by atoms with Crippen molar-refractivity contribution in [2.75, 3.05) is 0 Å². The molecule has 0 rings (SSSR count). The van der Waals surface area contributed by atoms with Crippen LogP contribution in [0.5, 0.6) is 0 Å². The van der Waals surface area contributed by atoms with E-state index in [4.69, 9.17) is 0 Å². The minimum absolute atomic E-state index is 1.19. The molecule has 0 aromatic rings. The molecule has 0 amide bonds. The number of hydrogen-bond donors (Lipinski definition) is 0. The molecule has 0 aliphatic carbocycles. The van der Waals surface area contributed by atoms with E-state index in [1.54, 1.807) is 0 Å². The van der Waals surface area contributed by atoms with Gasteiger partial charge in [-0.25, -0.2) is 0 Å². The Labute approximate surface area is 82.4 Å². The number of rotatable bonds is 6. The first kappa shape index (κ1) is 12.0. The molecule has 0 aliphatic rings. The number of hydrogen-bond acceptors (Lipinski definition) is 0. The second-order valence-corrected chi connectivity index (χ2v) is 2.87. The van der Waals surface area contributed by atoms with E-state index >= 15 is 0 Å². The summed E-state index contributed by atoms with van der Waals surface area (Å²) in [4.78, 5) is 0. The van der Waals surface area contributed by atoms with Crippen molar-refractivity contribution in [3.63, 3.8) is 0 Å². The summed E-state index contributed by atoms with van der Waals surface area (Å²) < 4.78 is 0. The van der Waals surface area contributed by atoms with Gasteiger partial charge in [-0.1, -0.05) is 68.4 Å². The average molecular weight is 176 g/mol. The molecule has 13 heavy (non-hydrogen) atoms. The number of allylic oxidation sites excluding steroid dienone is 8. The van der Waals surface area contributed by atoms with Crippen LogP contribution in [0.2, 0.25) is 0 Å². The maximum atomic E-state index is 2.21. The molecule has 0 unspecified atom stereocenters. The first-order valence-corrected chi connectivity index (χ1v) is 5.03. The van der Waals surface area contributed by atoms with Crippen molar-refractivity contribution in [3.05, 3.63) is 48.6 Å². The molecule has 0 heteroatoms. The summed E-state index contributed by atoms with van der Waals surface area (Å²) in [5, 5.41) is 0. The fraction of sp³-hybridized carbons (Fsp3) is 0.385. The standard InChI is InChI=1S/C13H20/c1-3-5-7-9-11-13-12-10-8-6-4-2/h3,5,7,9-13H,4,6,8H2,1-2H3. The Balaban J connectivity index is 3.45. The summed E-state index contributed by atoms with van der Waals surface area (Å²) in [6.45, 7) is 4.22. The third-order valence-corrected chi connectivity index (χ3v) is 1.61. The Morgan fingerprint density at radius 3 is 2.08 bits per heavy atom. The first-order valence-electron chi connectivity index (χ1n) is 5.03. The number of unbranched alkanes of at least 4 members (excludes halogenated alkanes) is 2. The Bertz CT molecular complexity index is 192. The molecule has 0 nitrogen and oxygen atoms in total. The van der Waals surface area contributed by atoms with Crippen LogP contribution >= 0.6 is 0 Å². The molecule has 0 spiro atoms. The van der Waals surface area contributed by atoms with Crippen LogP contribution in [0, 0.1) is 0 Å². The van der Waals surface area contributed by atoms with E-state index in [1.165, 1.54) is 19.3 Å². The Kier molecular flexibility index (Phi) is 10.1. The first-order chi connectivity index (χ1) is 6.41. The van der Waals surface area contributed by atoms with Gasteiger partial charge in [0.25, 0.3) is 0 Å². The predicted molar refractivity (Wildman–Crippen MR) is 61.8 cm³/mol. The summed E-state index contributed by atoms with van der Waals surface area (Å²) in [5.74, 6) is 0. The molecule has 0 atom stereocenters. The highest BCUT2D eigenvalue weighted by Crippen LogP contribution is 1.94. The van der Waals surface area contributed by atoms with Gasteiger partial charge in [-0.15, -0.1) is 0 Å². The van der Waals surface area contributed by atoms with Crippen LogP contribution < -0.4 is 0 Å². The normalized spacial score (nSPS) is 13.1. The quantitative estimate of drug-likeness (QED) is 0.415. The highest BCUT2D eigenvalue weighted by molar-refractivity contribution is 5.14. The fourth-order valence-corrected chi connectivity index (χ4v) is 0.864. The van der Waals surface area contributed by atoms with E-state index in [-0.39, 0.29) is 0 Å². The van der Waals surface area contributed by atoms with Crippen molar-refractivity contribution < 1.29 is 0 Å². The zero-order chi connectivity index (χ0) is 9.78. The van der Waals surface area contributed by atoms with Gasteiger partial charge >= 0.3 is 0 Å². The summed E-state index contributed by atoms with van der Waals surface area (Å²) in [6, 6.07) is 0. The second-order valence-electron chi connectivity index (χ2n) is 2.87. The van der Waals surface area contributed by atoms with E-state index in [2.05, 4.69) is 25.2 Å². The lowest BCUT2D eigenvalue weighted by molar-refractivity contribution is 0.815. The van der Waals surface area contributed by atoms with Crippen LogP contribution in [0.15, 0.2) is 48.6 Å². The molecule has 0 saturated carbocycles. The van der Waals surface area contributed by atoms with Gasteiger partial charge in [0.2, 0.25) is 0 Å². The molecule has 0 aliphatic heterocycles. The Morgan fingerprint density at radius 1 is 0.846 bits per heavy atom. The SMILES string of the molecule is CC=CC=CC=CC=CCCCC. The summed E-state index contributed by atoms with van der Waals surface area (Å²) in [7, 11) is 0. The lowest BCUT2D eigenvalue weighted by atomic mass is 10.2. The molecule has 0 aromatic carbocycles. The molecule has 0 saturated heterocycles. The maximum Gasteiger partial charge on any atom is -0.0348 e. The topological polar surface area (TPSA) is 0 Å². The minimum atomic E-state index is 1.19. The highest BCUT2D eigenvalue weighted by Gasteiger charge is 1.74. The van der Waals surface area contributed by atoms with Crippen LogP contribution in [-0.2, 0) is 0 Å². The van der Waals surface area contributed by atoms with Crippen LogP contribution in [-0.4, -0.2) is 0 Å². The van der Waals surface area contributed by atoms with Crippen LogP contribution in [0.1, 0.15) is 33.1 Å². The summed E-state index contributed by atoms with van der Waals surface area (Å²) >= 11 is 0. The van der Waals surface area contributed by atoms with Crippen molar-refractivity contribution in [3.8, 4) is 0 Å². The lowest BCUT2D eigenvalue weighted by Crippen LogP contribution is -1.64. The van der Waals surface area contributed by atoms with Gasteiger partial charge in [0.1, 0.15) is 0 Å². The van der Waals surface area contributed by atoms with E-state index in [1.807, 2.05) is 37.3 Å². The van der Waals surface area contributed by atoms with E-state index in [0.29, 0.717) is 0 Å². The van der Waals surface area contributed by atoms with Crippen LogP contribution in [0.25, 0.3) is 0 Å². The van der Waals surface area contributed by atoms with Gasteiger partial charge in [0.15, 0.2) is 0 Å². The zero-order valence-electron chi connectivity index (χ0n) is 8.74. The maximum absolute atomic E-state index is 2.21. The van der Waals surface area contributed by atoms with Crippen molar-refractivity contribution in [1.29, 1.82) is 0 Å². The van der Waals surface area contributed by atoms with Gasteiger partial charge < -0.3 is 0 Å². The van der Waals surface area contributed by atoms with Crippen molar-refractivity contribution in [2.45, 2.75) is 33.1 Å². The molecule has 0 heterocycles. The van der Waals surface area contributed by atoms with Crippen molar-refractivity contribution in [2.24, 2.45) is 0 Å². The van der Waals surface area contributed by atoms with Crippen molar-refractivity contribution in [1.82, 2.24) is 0 Å². The fourth-order valence-electron chi connectivity index (χ4n) is 0.864. The van der Waals surface area contributed by atoms with E-state index < -0.39 is 0 Å². The van der Waals surface area contributed by atoms with Crippen molar-refractivity contribution >= 4 is 0 Å². The molecular weight excluding hydrogens is 156 g/mol. The second kappa shape index (κ2) is 11.0. The third-order valence-electron chi connectivity index (χ3n) is 1.61. The minimum Gasteiger partial charge on any atom is -0.0877 e. The van der Waals surface area contributed by atoms with E-state index in [0.717, 1.165) is 0 Å². The Morgan fingerprint density at radius 2 is 1.46 bits per heavy atom. The summed E-state index contributed by atoms with van der Waals surface area (Å²) in [5.41, 5.74) is 0. The molecule has 0 aromatic heterocycles. The van der Waals surface area contributed by atoms with Gasteiger partial charge in [-0.2, -0.15) is 0 Å². The monoisotopic (exact) mass is 176 g/mol. The zero-order valence-corrected chi connectivity index (χ0v) is 8.74. The molecular formula is C13H20. The molecule has 0 fully saturated rings. The molecule has 72 valence electrons. The molecule has 0 bridgehead atoms. The molecule has 0 N–H and O–H groups in total. The predicted octanol–water partition coefficient (Wildman–Crippen LogP) is 4.42. The summed E-state index contributed by atoms with van der Waals surface area (Å²) in [6.07, 6.45) is 20.3. The highest BCUT2D eigenvalue weighted by atomic mass is 13.8. The van der Waals surface area contributed by atoms with Crippen LogP contribution in [0.4, 0.5) is 0 Å². The van der Waals surface area contributed by atoms with Gasteiger partial charge in [0, 0.05) is 0 Å². The molecule has 0 radical (unpaired) electrons. The average Bonchev–Trinajstić information content (AvgIpc) is 2.16.